The minimum absolute atomic E-state index is 0.101. The Morgan fingerprint density at radius 2 is 1.79 bits per heavy atom. The molecule has 3 rings (SSSR count). The number of rotatable bonds is 10. The minimum atomic E-state index is -1.07. The van der Waals surface area contributed by atoms with Crippen molar-refractivity contribution < 1.29 is 24.1 Å². The quantitative estimate of drug-likeness (QED) is 0.270. The van der Waals surface area contributed by atoms with Crippen LogP contribution in [0.3, 0.4) is 0 Å². The van der Waals surface area contributed by atoms with Crippen LogP contribution in [0.1, 0.15) is 12.5 Å². The van der Waals surface area contributed by atoms with E-state index in [0.717, 1.165) is 17.3 Å². The number of ether oxygens (including phenoxy) is 3. The van der Waals surface area contributed by atoms with Crippen molar-refractivity contribution in [2.24, 2.45) is 0 Å². The van der Waals surface area contributed by atoms with E-state index in [1.54, 1.807) is 50.6 Å². The Hall–Kier alpha value is -3.90. The molecule has 8 nitrogen and oxygen atoms in total. The fraction of sp³-hybridized carbons (Fsp3) is 0.208. The molecule has 0 unspecified atom stereocenters. The predicted molar refractivity (Wildman–Crippen MR) is 126 cm³/mol. The molecule has 33 heavy (non-hydrogen) atoms. The van der Waals surface area contributed by atoms with E-state index in [0.29, 0.717) is 40.3 Å². The average Bonchev–Trinajstić information content (AvgIpc) is 3.25. The zero-order chi connectivity index (χ0) is 23.8. The van der Waals surface area contributed by atoms with Crippen molar-refractivity contribution in [3.63, 3.8) is 0 Å². The number of nitrogens with zero attached hydrogens (tertiary/aromatic N) is 3. The van der Waals surface area contributed by atoms with Crippen LogP contribution in [0.25, 0.3) is 17.5 Å². The molecule has 0 saturated heterocycles. The molecule has 0 aliphatic rings. The molecule has 3 aromatic rings. The fourth-order valence-corrected chi connectivity index (χ4v) is 3.86. The van der Waals surface area contributed by atoms with Crippen LogP contribution in [0.2, 0.25) is 0 Å². The van der Waals surface area contributed by atoms with Crippen LogP contribution in [0.5, 0.6) is 17.2 Å². The molecule has 0 radical (unpaired) electrons. The number of benzene rings is 2. The van der Waals surface area contributed by atoms with Crippen molar-refractivity contribution in [1.29, 1.82) is 0 Å². The first-order valence-electron chi connectivity index (χ1n) is 9.94. The second-order valence-corrected chi connectivity index (χ2v) is 7.64. The SMILES string of the molecule is C#CCOc1ccc(/C=C(\Sc2nnc(-c3cc(OC)cc(OC)c3)n2CC)C(=O)O)cc1. The molecule has 2 aromatic carbocycles. The van der Waals surface area contributed by atoms with Gasteiger partial charge in [-0.3, -0.25) is 0 Å². The lowest BCUT2D eigenvalue weighted by atomic mass is 10.2. The lowest BCUT2D eigenvalue weighted by Crippen LogP contribution is -2.03. The molecular weight excluding hydrogens is 442 g/mol. The molecule has 0 bridgehead atoms. The van der Waals surface area contributed by atoms with Gasteiger partial charge in [0.05, 0.1) is 14.2 Å². The number of carbonyl (C=O) groups is 1. The summed E-state index contributed by atoms with van der Waals surface area (Å²) < 4.78 is 17.9. The average molecular weight is 466 g/mol. The van der Waals surface area contributed by atoms with E-state index < -0.39 is 5.97 Å². The van der Waals surface area contributed by atoms with Gasteiger partial charge >= 0.3 is 5.97 Å². The first-order chi connectivity index (χ1) is 16.0. The molecule has 0 aliphatic carbocycles. The topological polar surface area (TPSA) is 95.7 Å². The molecule has 9 heteroatoms. The molecular formula is C24H23N3O5S. The van der Waals surface area contributed by atoms with E-state index >= 15 is 0 Å². The van der Waals surface area contributed by atoms with Crippen molar-refractivity contribution in [3.05, 3.63) is 52.9 Å². The zero-order valence-electron chi connectivity index (χ0n) is 18.4. The molecule has 0 amide bonds. The van der Waals surface area contributed by atoms with Crippen LogP contribution in [0.4, 0.5) is 0 Å². The molecule has 0 aliphatic heterocycles. The molecule has 1 aromatic heterocycles. The van der Waals surface area contributed by atoms with Gasteiger partial charge in [0.2, 0.25) is 0 Å². The first-order valence-corrected chi connectivity index (χ1v) is 10.8. The highest BCUT2D eigenvalue weighted by molar-refractivity contribution is 8.04. The Balaban J connectivity index is 1.92. The van der Waals surface area contributed by atoms with Gasteiger partial charge in [-0.15, -0.1) is 16.6 Å². The summed E-state index contributed by atoms with van der Waals surface area (Å²) in [7, 11) is 3.14. The number of aromatic nitrogens is 3. The highest BCUT2D eigenvalue weighted by Gasteiger charge is 2.19. The first kappa shape index (κ1) is 23.8. The Morgan fingerprint density at radius 1 is 1.12 bits per heavy atom. The van der Waals surface area contributed by atoms with E-state index in [1.165, 1.54) is 0 Å². The maximum atomic E-state index is 11.9. The standard InChI is InChI=1S/C24H23N3O5S/c1-5-11-32-18-9-7-16(8-10-18)12-21(23(28)29)33-24-26-25-22(27(24)6-2)17-13-19(30-3)15-20(14-17)31-4/h1,7-10,12-15H,6,11H2,2-4H3,(H,28,29)/b21-12-. The summed E-state index contributed by atoms with van der Waals surface area (Å²) in [5, 5.41) is 18.8. The van der Waals surface area contributed by atoms with Gasteiger partial charge in [0.15, 0.2) is 11.0 Å². The molecule has 0 saturated carbocycles. The second-order valence-electron chi connectivity index (χ2n) is 6.63. The zero-order valence-corrected chi connectivity index (χ0v) is 19.3. The highest BCUT2D eigenvalue weighted by atomic mass is 32.2. The van der Waals surface area contributed by atoms with Gasteiger partial charge in [0.25, 0.3) is 0 Å². The summed E-state index contributed by atoms with van der Waals surface area (Å²) in [5.41, 5.74) is 1.45. The number of aliphatic carboxylic acids is 1. The van der Waals surface area contributed by atoms with Crippen molar-refractivity contribution in [1.82, 2.24) is 14.8 Å². The van der Waals surface area contributed by atoms with Crippen LogP contribution in [-0.2, 0) is 11.3 Å². The number of thioether (sulfide) groups is 1. The Morgan fingerprint density at radius 3 is 2.33 bits per heavy atom. The summed E-state index contributed by atoms with van der Waals surface area (Å²) >= 11 is 1.03. The summed E-state index contributed by atoms with van der Waals surface area (Å²) in [6.45, 7) is 2.64. The molecule has 1 N–H and O–H groups in total. The smallest absolute Gasteiger partial charge is 0.342 e. The van der Waals surface area contributed by atoms with E-state index in [9.17, 15) is 9.90 Å². The van der Waals surface area contributed by atoms with Gasteiger partial charge < -0.3 is 23.9 Å². The number of methoxy groups -OCH3 is 2. The number of hydrogen-bond donors (Lipinski definition) is 1. The summed E-state index contributed by atoms with van der Waals surface area (Å²) in [6.07, 6.45) is 6.76. The Kier molecular flexibility index (Phi) is 8.00. The maximum absolute atomic E-state index is 11.9. The third kappa shape index (κ3) is 5.87. The Labute approximate surface area is 196 Å². The third-order valence-electron chi connectivity index (χ3n) is 4.55. The maximum Gasteiger partial charge on any atom is 0.342 e. The lowest BCUT2D eigenvalue weighted by Gasteiger charge is -2.10. The monoisotopic (exact) mass is 465 g/mol. The molecule has 1 heterocycles. The predicted octanol–water partition coefficient (Wildman–Crippen LogP) is 4.21. The number of terminal acetylenes is 1. The Bertz CT molecular complexity index is 1170. The van der Waals surface area contributed by atoms with E-state index in [2.05, 4.69) is 16.1 Å². The van der Waals surface area contributed by atoms with Gasteiger partial charge in [0.1, 0.15) is 28.8 Å². The van der Waals surface area contributed by atoms with Crippen molar-refractivity contribution in [3.8, 4) is 41.0 Å². The lowest BCUT2D eigenvalue weighted by molar-refractivity contribution is -0.131. The van der Waals surface area contributed by atoms with Gasteiger partial charge in [-0.25, -0.2) is 4.79 Å². The molecule has 0 fully saturated rings. The second kappa shape index (κ2) is 11.1. The largest absolute Gasteiger partial charge is 0.497 e. The van der Waals surface area contributed by atoms with Crippen molar-refractivity contribution in [2.45, 2.75) is 18.6 Å². The van der Waals surface area contributed by atoms with Gasteiger partial charge in [-0.2, -0.15) is 0 Å². The molecule has 0 atom stereocenters. The third-order valence-corrected chi connectivity index (χ3v) is 5.55. The van der Waals surface area contributed by atoms with Crippen LogP contribution < -0.4 is 14.2 Å². The van der Waals surface area contributed by atoms with Crippen molar-refractivity contribution >= 4 is 23.8 Å². The van der Waals surface area contributed by atoms with Crippen LogP contribution >= 0.6 is 11.8 Å². The van der Waals surface area contributed by atoms with E-state index in [1.807, 2.05) is 23.6 Å². The van der Waals surface area contributed by atoms with Gasteiger partial charge in [-0.05, 0) is 54.6 Å². The van der Waals surface area contributed by atoms with Crippen LogP contribution in [0.15, 0.2) is 52.5 Å². The molecule has 0 spiro atoms. The van der Waals surface area contributed by atoms with Crippen LogP contribution in [0, 0.1) is 12.3 Å². The number of carboxylic acid groups (broad SMARTS) is 1. The summed E-state index contributed by atoms with van der Waals surface area (Å²) in [6, 6.07) is 12.4. The van der Waals surface area contributed by atoms with E-state index in [4.69, 9.17) is 20.6 Å². The fourth-order valence-electron chi connectivity index (χ4n) is 2.97. The minimum Gasteiger partial charge on any atom is -0.497 e. The number of hydrogen-bond acceptors (Lipinski definition) is 7. The van der Waals surface area contributed by atoms with Crippen LogP contribution in [-0.4, -0.2) is 46.7 Å². The highest BCUT2D eigenvalue weighted by Crippen LogP contribution is 2.33. The summed E-state index contributed by atoms with van der Waals surface area (Å²) in [5.74, 6) is 3.75. The molecule has 170 valence electrons. The summed E-state index contributed by atoms with van der Waals surface area (Å²) in [4.78, 5) is 12.0. The van der Waals surface area contributed by atoms with Crippen molar-refractivity contribution in [2.75, 3.05) is 20.8 Å². The van der Waals surface area contributed by atoms with E-state index in [-0.39, 0.29) is 11.5 Å². The van der Waals surface area contributed by atoms with Gasteiger partial charge in [0, 0.05) is 18.2 Å². The normalized spacial score (nSPS) is 11.0. The van der Waals surface area contributed by atoms with Gasteiger partial charge in [-0.1, -0.05) is 18.1 Å². The number of carboxylic acids is 1.